The lowest BCUT2D eigenvalue weighted by Gasteiger charge is -2.43. The fraction of sp³-hybridized carbons (Fsp3) is 1.00. The van der Waals surface area contributed by atoms with Gasteiger partial charge in [0, 0.05) is 24.7 Å². The molecular weight excluding hydrogens is 232 g/mol. The van der Waals surface area contributed by atoms with Crippen molar-refractivity contribution in [2.45, 2.75) is 84.7 Å². The molecule has 0 aromatic heterocycles. The van der Waals surface area contributed by atoms with Crippen LogP contribution in [0.4, 0.5) is 0 Å². The fourth-order valence-corrected chi connectivity index (χ4v) is 3.87. The molecule has 19 heavy (non-hydrogen) atoms. The molecule has 2 N–H and O–H groups in total. The van der Waals surface area contributed by atoms with Crippen molar-refractivity contribution in [3.05, 3.63) is 0 Å². The van der Waals surface area contributed by atoms with E-state index in [4.69, 9.17) is 5.73 Å². The van der Waals surface area contributed by atoms with Gasteiger partial charge in [-0.25, -0.2) is 0 Å². The molecule has 114 valence electrons. The summed E-state index contributed by atoms with van der Waals surface area (Å²) < 4.78 is 0. The molecule has 1 rings (SSSR count). The van der Waals surface area contributed by atoms with Gasteiger partial charge in [-0.1, -0.05) is 47.5 Å². The zero-order valence-electron chi connectivity index (χ0n) is 13.9. The monoisotopic (exact) mass is 268 g/mol. The molecule has 0 radical (unpaired) electrons. The Morgan fingerprint density at radius 3 is 2.37 bits per heavy atom. The van der Waals surface area contributed by atoms with Crippen molar-refractivity contribution >= 4 is 0 Å². The molecule has 2 atom stereocenters. The number of hydrogen-bond donors (Lipinski definition) is 1. The lowest BCUT2D eigenvalue weighted by atomic mass is 9.76. The predicted molar refractivity (Wildman–Crippen MR) is 85.3 cm³/mol. The minimum absolute atomic E-state index is 0.0646. The third-order valence-electron chi connectivity index (χ3n) is 4.70. The van der Waals surface area contributed by atoms with Gasteiger partial charge < -0.3 is 5.73 Å². The van der Waals surface area contributed by atoms with E-state index in [1.54, 1.807) is 0 Å². The molecule has 0 bridgehead atoms. The molecule has 2 nitrogen and oxygen atoms in total. The van der Waals surface area contributed by atoms with E-state index in [1.807, 2.05) is 0 Å². The maximum atomic E-state index is 6.73. The van der Waals surface area contributed by atoms with Gasteiger partial charge in [-0.2, -0.15) is 0 Å². The van der Waals surface area contributed by atoms with Gasteiger partial charge in [-0.05, 0) is 37.5 Å². The van der Waals surface area contributed by atoms with Crippen LogP contribution in [0.25, 0.3) is 0 Å². The smallest absolute Gasteiger partial charge is 0.0286 e. The first-order chi connectivity index (χ1) is 8.90. The minimum Gasteiger partial charge on any atom is -0.324 e. The summed E-state index contributed by atoms with van der Waals surface area (Å²) in [4.78, 5) is 2.68. The summed E-state index contributed by atoms with van der Waals surface area (Å²) in [6.45, 7) is 13.9. The Balaban J connectivity index is 2.69. The zero-order chi connectivity index (χ0) is 14.5. The van der Waals surface area contributed by atoms with Crippen LogP contribution >= 0.6 is 0 Å². The van der Waals surface area contributed by atoms with Gasteiger partial charge in [-0.3, -0.25) is 4.90 Å². The third-order valence-corrected chi connectivity index (χ3v) is 4.70. The Morgan fingerprint density at radius 1 is 1.26 bits per heavy atom. The Kier molecular flexibility index (Phi) is 6.82. The van der Waals surface area contributed by atoms with Gasteiger partial charge in [0.25, 0.3) is 0 Å². The van der Waals surface area contributed by atoms with E-state index in [1.165, 1.54) is 45.1 Å². The van der Waals surface area contributed by atoms with E-state index >= 15 is 0 Å². The summed E-state index contributed by atoms with van der Waals surface area (Å²) in [5, 5.41) is 0. The maximum absolute atomic E-state index is 6.73. The van der Waals surface area contributed by atoms with Crippen LogP contribution in [-0.4, -0.2) is 29.6 Å². The molecule has 0 spiro atoms. The Labute approximate surface area is 121 Å². The van der Waals surface area contributed by atoms with Crippen LogP contribution in [0.1, 0.15) is 73.1 Å². The first-order valence-electron chi connectivity index (χ1n) is 8.43. The first-order valence-corrected chi connectivity index (χ1v) is 8.43. The largest absolute Gasteiger partial charge is 0.324 e. The van der Waals surface area contributed by atoms with E-state index in [0.717, 1.165) is 18.4 Å². The van der Waals surface area contributed by atoms with E-state index in [2.05, 4.69) is 39.5 Å². The molecule has 0 aromatic rings. The lowest BCUT2D eigenvalue weighted by Crippen LogP contribution is -2.55. The molecule has 0 aromatic carbocycles. The van der Waals surface area contributed by atoms with Gasteiger partial charge in [0.05, 0.1) is 0 Å². The van der Waals surface area contributed by atoms with Crippen molar-refractivity contribution < 1.29 is 0 Å². The fourth-order valence-electron chi connectivity index (χ4n) is 3.87. The highest BCUT2D eigenvalue weighted by molar-refractivity contribution is 4.93. The average molecular weight is 268 g/mol. The second-order valence-corrected chi connectivity index (χ2v) is 7.36. The van der Waals surface area contributed by atoms with Crippen LogP contribution in [0.15, 0.2) is 0 Å². The molecule has 1 fully saturated rings. The summed E-state index contributed by atoms with van der Waals surface area (Å²) in [5.74, 6) is 1.53. The number of nitrogens with two attached hydrogens (primary N) is 1. The molecule has 1 aliphatic rings. The second kappa shape index (κ2) is 7.64. The maximum Gasteiger partial charge on any atom is 0.0286 e. The number of hydrogen-bond acceptors (Lipinski definition) is 2. The SMILES string of the molecule is CCC(CC)N(CC(C)C)CC1(N)CCCC(C)C1. The lowest BCUT2D eigenvalue weighted by molar-refractivity contribution is 0.0990. The van der Waals surface area contributed by atoms with Crippen molar-refractivity contribution in [2.75, 3.05) is 13.1 Å². The van der Waals surface area contributed by atoms with Crippen LogP contribution in [-0.2, 0) is 0 Å². The minimum atomic E-state index is 0.0646. The van der Waals surface area contributed by atoms with Gasteiger partial charge in [0.2, 0.25) is 0 Å². The number of nitrogens with zero attached hydrogens (tertiary/aromatic N) is 1. The second-order valence-electron chi connectivity index (χ2n) is 7.36. The van der Waals surface area contributed by atoms with E-state index < -0.39 is 0 Å². The van der Waals surface area contributed by atoms with Crippen molar-refractivity contribution in [3.63, 3.8) is 0 Å². The van der Waals surface area contributed by atoms with Gasteiger partial charge in [-0.15, -0.1) is 0 Å². The van der Waals surface area contributed by atoms with Crippen LogP contribution < -0.4 is 5.73 Å². The Hall–Kier alpha value is -0.0800. The van der Waals surface area contributed by atoms with Crippen LogP contribution in [0.2, 0.25) is 0 Å². The van der Waals surface area contributed by atoms with Gasteiger partial charge >= 0.3 is 0 Å². The molecular formula is C17H36N2. The van der Waals surface area contributed by atoms with Crippen molar-refractivity contribution in [2.24, 2.45) is 17.6 Å². The molecule has 1 aliphatic carbocycles. The molecule has 1 saturated carbocycles. The zero-order valence-corrected chi connectivity index (χ0v) is 13.9. The van der Waals surface area contributed by atoms with Gasteiger partial charge in [0.1, 0.15) is 0 Å². The topological polar surface area (TPSA) is 29.3 Å². The van der Waals surface area contributed by atoms with Crippen LogP contribution in [0, 0.1) is 11.8 Å². The van der Waals surface area contributed by atoms with E-state index in [0.29, 0.717) is 6.04 Å². The molecule has 0 aliphatic heterocycles. The van der Waals surface area contributed by atoms with Crippen LogP contribution in [0.5, 0.6) is 0 Å². The van der Waals surface area contributed by atoms with Crippen molar-refractivity contribution in [3.8, 4) is 0 Å². The van der Waals surface area contributed by atoms with Gasteiger partial charge in [0.15, 0.2) is 0 Å². The quantitative estimate of drug-likeness (QED) is 0.755. The summed E-state index contributed by atoms with van der Waals surface area (Å²) in [6, 6.07) is 0.708. The average Bonchev–Trinajstić information content (AvgIpc) is 2.28. The Morgan fingerprint density at radius 2 is 1.89 bits per heavy atom. The molecule has 0 amide bonds. The van der Waals surface area contributed by atoms with Crippen molar-refractivity contribution in [1.82, 2.24) is 4.90 Å². The summed E-state index contributed by atoms with van der Waals surface area (Å²) in [5.41, 5.74) is 6.80. The molecule has 0 saturated heterocycles. The highest BCUT2D eigenvalue weighted by Crippen LogP contribution is 2.32. The van der Waals surface area contributed by atoms with Crippen molar-refractivity contribution in [1.29, 1.82) is 0 Å². The van der Waals surface area contributed by atoms with E-state index in [9.17, 15) is 0 Å². The summed E-state index contributed by atoms with van der Waals surface area (Å²) in [7, 11) is 0. The Bertz CT molecular complexity index is 248. The van der Waals surface area contributed by atoms with E-state index in [-0.39, 0.29) is 5.54 Å². The first kappa shape index (κ1) is 17.0. The van der Waals surface area contributed by atoms with Crippen LogP contribution in [0.3, 0.4) is 0 Å². The third kappa shape index (κ3) is 5.43. The highest BCUT2D eigenvalue weighted by Gasteiger charge is 2.34. The number of rotatable bonds is 7. The standard InChI is InChI=1S/C17H36N2/c1-6-16(7-2)19(12-14(3)4)13-17(18)10-8-9-15(5)11-17/h14-16H,6-13,18H2,1-5H3. The molecule has 2 unspecified atom stereocenters. The predicted octanol–water partition coefficient (Wildman–Crippen LogP) is 4.04. The highest BCUT2D eigenvalue weighted by atomic mass is 15.2. The summed E-state index contributed by atoms with van der Waals surface area (Å²) in [6.07, 6.45) is 7.60. The molecule has 2 heteroatoms. The summed E-state index contributed by atoms with van der Waals surface area (Å²) >= 11 is 0. The molecule has 0 heterocycles. The normalized spacial score (nSPS) is 28.6.